The Bertz CT molecular complexity index is 626. The number of rotatable bonds is 3. The first-order valence-corrected chi connectivity index (χ1v) is 7.60. The largest absolute Gasteiger partial charge is 0.207 e. The van der Waals surface area contributed by atoms with Crippen molar-refractivity contribution in [2.75, 3.05) is 0 Å². The average Bonchev–Trinajstić information content (AvgIpc) is 2.38. The van der Waals surface area contributed by atoms with Gasteiger partial charge in [0.15, 0.2) is 0 Å². The fourth-order valence-electron chi connectivity index (χ4n) is 1.79. The van der Waals surface area contributed by atoms with Gasteiger partial charge in [0, 0.05) is 20.6 Å². The second-order valence-electron chi connectivity index (χ2n) is 4.16. The molecule has 2 aromatic rings. The van der Waals surface area contributed by atoms with Crippen LogP contribution in [0, 0.1) is 11.6 Å². The van der Waals surface area contributed by atoms with Crippen LogP contribution in [-0.4, -0.2) is 0 Å². The molecule has 0 nitrogen and oxygen atoms in total. The van der Waals surface area contributed by atoms with Gasteiger partial charge in [-0.05, 0) is 46.6 Å². The number of hydrogen-bond acceptors (Lipinski definition) is 0. The standard InChI is InChI=1S/C14H8BrCl3F2/c15-9-6-14(20)8(5-12(9)18)11(17)4-7-10(16)2-1-3-13(7)19/h1-3,5-6,11H,4H2. The Morgan fingerprint density at radius 2 is 1.75 bits per heavy atom. The Morgan fingerprint density at radius 1 is 1.05 bits per heavy atom. The molecular formula is C14H8BrCl3F2. The maximum Gasteiger partial charge on any atom is 0.129 e. The van der Waals surface area contributed by atoms with Gasteiger partial charge < -0.3 is 0 Å². The summed E-state index contributed by atoms with van der Waals surface area (Å²) in [5.41, 5.74) is 0.465. The lowest BCUT2D eigenvalue weighted by Crippen LogP contribution is -2.02. The smallest absolute Gasteiger partial charge is 0.129 e. The molecule has 106 valence electrons. The molecule has 0 saturated carbocycles. The molecule has 0 aliphatic rings. The van der Waals surface area contributed by atoms with E-state index in [1.54, 1.807) is 6.07 Å². The Hall–Kier alpha value is -0.350. The molecule has 2 aromatic carbocycles. The maximum absolute atomic E-state index is 13.9. The molecule has 0 aliphatic carbocycles. The zero-order valence-corrected chi connectivity index (χ0v) is 13.8. The van der Waals surface area contributed by atoms with Gasteiger partial charge in [-0.15, -0.1) is 11.6 Å². The highest BCUT2D eigenvalue weighted by Gasteiger charge is 2.19. The minimum Gasteiger partial charge on any atom is -0.207 e. The molecule has 0 aromatic heterocycles. The van der Waals surface area contributed by atoms with Crippen LogP contribution in [0.2, 0.25) is 10.0 Å². The van der Waals surface area contributed by atoms with E-state index < -0.39 is 17.0 Å². The summed E-state index contributed by atoms with van der Waals surface area (Å²) in [4.78, 5) is 0. The third-order valence-electron chi connectivity index (χ3n) is 2.82. The van der Waals surface area contributed by atoms with Crippen LogP contribution in [0.25, 0.3) is 0 Å². The van der Waals surface area contributed by atoms with Crippen LogP contribution in [0.4, 0.5) is 8.78 Å². The van der Waals surface area contributed by atoms with Gasteiger partial charge >= 0.3 is 0 Å². The summed E-state index contributed by atoms with van der Waals surface area (Å²) in [6.07, 6.45) is 0.0714. The zero-order valence-electron chi connectivity index (χ0n) is 9.94. The molecule has 2 rings (SSSR count). The minimum atomic E-state index is -0.769. The lowest BCUT2D eigenvalue weighted by atomic mass is 10.0. The van der Waals surface area contributed by atoms with Crippen molar-refractivity contribution in [1.82, 2.24) is 0 Å². The molecule has 0 N–H and O–H groups in total. The lowest BCUT2D eigenvalue weighted by Gasteiger charge is -2.14. The van der Waals surface area contributed by atoms with Crippen molar-refractivity contribution < 1.29 is 8.78 Å². The molecule has 20 heavy (non-hydrogen) atoms. The summed E-state index contributed by atoms with van der Waals surface area (Å²) in [5, 5.41) is -0.166. The van der Waals surface area contributed by atoms with Crippen molar-refractivity contribution in [3.05, 3.63) is 67.6 Å². The topological polar surface area (TPSA) is 0 Å². The van der Waals surface area contributed by atoms with Crippen LogP contribution >= 0.6 is 50.7 Å². The third-order valence-corrected chi connectivity index (χ3v) is 4.76. The number of hydrogen-bond donors (Lipinski definition) is 0. The predicted octanol–water partition coefficient (Wildman–Crippen LogP) is 6.56. The van der Waals surface area contributed by atoms with Crippen molar-refractivity contribution >= 4 is 50.7 Å². The molecule has 0 fully saturated rings. The van der Waals surface area contributed by atoms with Crippen LogP contribution in [0.15, 0.2) is 34.8 Å². The monoisotopic (exact) mass is 398 g/mol. The van der Waals surface area contributed by atoms with Gasteiger partial charge in [-0.3, -0.25) is 0 Å². The Balaban J connectivity index is 2.33. The fourth-order valence-corrected chi connectivity index (χ4v) is 2.84. The first kappa shape index (κ1) is 16.0. The molecule has 0 spiro atoms. The molecule has 0 heterocycles. The second-order valence-corrected chi connectivity index (χ2v) is 6.36. The minimum absolute atomic E-state index is 0.0714. The van der Waals surface area contributed by atoms with E-state index in [4.69, 9.17) is 34.8 Å². The first-order valence-electron chi connectivity index (χ1n) is 5.61. The predicted molar refractivity (Wildman–Crippen MR) is 82.8 cm³/mol. The van der Waals surface area contributed by atoms with Crippen LogP contribution in [0.1, 0.15) is 16.5 Å². The zero-order chi connectivity index (χ0) is 14.9. The molecule has 0 saturated heterocycles. The van der Waals surface area contributed by atoms with Gasteiger partial charge in [0.05, 0.1) is 10.4 Å². The SMILES string of the molecule is Fc1cc(Br)c(Cl)cc1C(Cl)Cc1c(F)cccc1Cl. The van der Waals surface area contributed by atoms with Gasteiger partial charge in [-0.2, -0.15) is 0 Å². The Kier molecular flexibility index (Phi) is 5.30. The summed E-state index contributed by atoms with van der Waals surface area (Å²) < 4.78 is 28.0. The summed E-state index contributed by atoms with van der Waals surface area (Å²) in [6.45, 7) is 0. The van der Waals surface area contributed by atoms with Crippen molar-refractivity contribution in [2.45, 2.75) is 11.8 Å². The quantitative estimate of drug-likeness (QED) is 0.404. The first-order chi connectivity index (χ1) is 9.40. The Labute approximate surface area is 138 Å². The normalized spacial score (nSPS) is 12.5. The van der Waals surface area contributed by atoms with Crippen molar-refractivity contribution in [1.29, 1.82) is 0 Å². The molecule has 0 amide bonds. The van der Waals surface area contributed by atoms with E-state index >= 15 is 0 Å². The summed E-state index contributed by atoms with van der Waals surface area (Å²) in [5.74, 6) is -0.972. The van der Waals surface area contributed by atoms with E-state index in [-0.39, 0.29) is 22.6 Å². The highest BCUT2D eigenvalue weighted by atomic mass is 79.9. The van der Waals surface area contributed by atoms with E-state index in [2.05, 4.69) is 15.9 Å². The third kappa shape index (κ3) is 3.45. The molecular weight excluding hydrogens is 392 g/mol. The Morgan fingerprint density at radius 3 is 2.40 bits per heavy atom. The summed E-state index contributed by atoms with van der Waals surface area (Å²) in [7, 11) is 0. The van der Waals surface area contributed by atoms with Crippen molar-refractivity contribution in [3.63, 3.8) is 0 Å². The highest BCUT2D eigenvalue weighted by Crippen LogP contribution is 2.35. The molecule has 6 heteroatoms. The second kappa shape index (κ2) is 6.61. The summed E-state index contributed by atoms with van der Waals surface area (Å²) in [6, 6.07) is 7.01. The van der Waals surface area contributed by atoms with Crippen LogP contribution < -0.4 is 0 Å². The number of alkyl halides is 1. The van der Waals surface area contributed by atoms with E-state index in [9.17, 15) is 8.78 Å². The van der Waals surface area contributed by atoms with E-state index in [1.165, 1.54) is 24.3 Å². The van der Waals surface area contributed by atoms with E-state index in [0.717, 1.165) is 0 Å². The van der Waals surface area contributed by atoms with Gasteiger partial charge in [0.1, 0.15) is 11.6 Å². The summed E-state index contributed by atoms with van der Waals surface area (Å²) >= 11 is 21.2. The van der Waals surface area contributed by atoms with Gasteiger partial charge in [0.2, 0.25) is 0 Å². The van der Waals surface area contributed by atoms with Crippen LogP contribution in [0.3, 0.4) is 0 Å². The molecule has 0 radical (unpaired) electrons. The van der Waals surface area contributed by atoms with Gasteiger partial charge in [0.25, 0.3) is 0 Å². The maximum atomic E-state index is 13.9. The highest BCUT2D eigenvalue weighted by molar-refractivity contribution is 9.10. The molecule has 0 aliphatic heterocycles. The van der Waals surface area contributed by atoms with E-state index in [1.807, 2.05) is 0 Å². The number of benzene rings is 2. The fraction of sp³-hybridized carbons (Fsp3) is 0.143. The number of halogens is 6. The molecule has 1 unspecified atom stereocenters. The molecule has 1 atom stereocenters. The van der Waals surface area contributed by atoms with Gasteiger partial charge in [-0.25, -0.2) is 8.78 Å². The van der Waals surface area contributed by atoms with E-state index in [0.29, 0.717) is 9.50 Å². The van der Waals surface area contributed by atoms with Gasteiger partial charge in [-0.1, -0.05) is 29.3 Å². The molecule has 0 bridgehead atoms. The van der Waals surface area contributed by atoms with Crippen LogP contribution in [0.5, 0.6) is 0 Å². The average molecular weight is 400 g/mol. The van der Waals surface area contributed by atoms with Crippen molar-refractivity contribution in [3.8, 4) is 0 Å². The lowest BCUT2D eigenvalue weighted by molar-refractivity contribution is 0.591. The van der Waals surface area contributed by atoms with Crippen molar-refractivity contribution in [2.24, 2.45) is 0 Å². The van der Waals surface area contributed by atoms with Crippen LogP contribution in [-0.2, 0) is 6.42 Å².